The van der Waals surface area contributed by atoms with Gasteiger partial charge in [-0.25, -0.2) is 4.39 Å². The second kappa shape index (κ2) is 3.63. The summed E-state index contributed by atoms with van der Waals surface area (Å²) in [5.74, 6) is 0. The largest absolute Gasteiger partial charge is 0.394 e. The van der Waals surface area contributed by atoms with Gasteiger partial charge in [-0.3, -0.25) is 0 Å². The molecule has 0 unspecified atom stereocenters. The molecular formula is C6H11FO5. The van der Waals surface area contributed by atoms with E-state index < -0.39 is 37.4 Å². The Bertz CT molecular complexity index is 150. The number of aliphatic hydroxyl groups is 4. The molecule has 1 aliphatic rings. The van der Waals surface area contributed by atoms with Crippen LogP contribution in [-0.4, -0.2) is 57.8 Å². The highest BCUT2D eigenvalue weighted by Gasteiger charge is 2.43. The van der Waals surface area contributed by atoms with Gasteiger partial charge in [0.1, 0.15) is 18.3 Å². The molecule has 5 atom stereocenters. The number of alkyl halides is 1. The van der Waals surface area contributed by atoms with Crippen LogP contribution in [0.4, 0.5) is 4.39 Å². The first-order valence-electron chi connectivity index (χ1n) is 3.52. The fraction of sp³-hybridized carbons (Fsp3) is 1.00. The van der Waals surface area contributed by atoms with E-state index in [1.807, 2.05) is 0 Å². The molecule has 0 amide bonds. The first-order chi connectivity index (χ1) is 5.57. The van der Waals surface area contributed by atoms with Gasteiger partial charge < -0.3 is 25.2 Å². The van der Waals surface area contributed by atoms with Gasteiger partial charge in [0.25, 0.3) is 0 Å². The maximum absolute atomic E-state index is 12.9. The highest BCUT2D eigenvalue weighted by molar-refractivity contribution is 4.88. The van der Waals surface area contributed by atoms with Crippen molar-refractivity contribution < 1.29 is 29.6 Å². The summed E-state index contributed by atoms with van der Waals surface area (Å²) in [7, 11) is 0. The Hall–Kier alpha value is -0.270. The summed E-state index contributed by atoms with van der Waals surface area (Å²) in [5.41, 5.74) is 0. The van der Waals surface area contributed by atoms with E-state index in [9.17, 15) is 4.39 Å². The van der Waals surface area contributed by atoms with Gasteiger partial charge in [0.2, 0.25) is 0 Å². The van der Waals surface area contributed by atoms with Crippen LogP contribution in [0.15, 0.2) is 0 Å². The predicted octanol–water partition coefficient (Wildman–Crippen LogP) is -2.24. The number of halogens is 1. The second-order valence-corrected chi connectivity index (χ2v) is 2.67. The summed E-state index contributed by atoms with van der Waals surface area (Å²) in [5, 5.41) is 35.2. The Morgan fingerprint density at radius 2 is 1.75 bits per heavy atom. The van der Waals surface area contributed by atoms with Gasteiger partial charge in [-0.15, -0.1) is 0 Å². The van der Waals surface area contributed by atoms with E-state index in [4.69, 9.17) is 20.4 Å². The van der Waals surface area contributed by atoms with E-state index in [0.29, 0.717) is 0 Å². The molecule has 0 saturated carbocycles. The molecule has 0 bridgehead atoms. The van der Waals surface area contributed by atoms with Crippen molar-refractivity contribution in [2.45, 2.75) is 30.8 Å². The Labute approximate surface area is 68.0 Å². The average molecular weight is 182 g/mol. The fourth-order valence-electron chi connectivity index (χ4n) is 1.06. The minimum Gasteiger partial charge on any atom is -0.394 e. The van der Waals surface area contributed by atoms with Crippen molar-refractivity contribution in [3.63, 3.8) is 0 Å². The summed E-state index contributed by atoms with van der Waals surface area (Å²) in [6.07, 6.45) is -8.19. The van der Waals surface area contributed by atoms with Crippen LogP contribution >= 0.6 is 0 Å². The molecule has 1 heterocycles. The fourth-order valence-corrected chi connectivity index (χ4v) is 1.06. The molecule has 12 heavy (non-hydrogen) atoms. The highest BCUT2D eigenvalue weighted by Crippen LogP contribution is 2.21. The summed E-state index contributed by atoms with van der Waals surface area (Å²) < 4.78 is 17.3. The van der Waals surface area contributed by atoms with Gasteiger partial charge in [0.15, 0.2) is 12.5 Å². The van der Waals surface area contributed by atoms with Crippen LogP contribution in [0.25, 0.3) is 0 Å². The van der Waals surface area contributed by atoms with E-state index >= 15 is 0 Å². The van der Waals surface area contributed by atoms with E-state index in [1.165, 1.54) is 0 Å². The SMILES string of the molecule is OC[C@@H]1O[C@H](O)[C@@H](O)[C@H](O)[C@@H]1F. The molecule has 0 radical (unpaired) electrons. The van der Waals surface area contributed by atoms with Gasteiger partial charge in [-0.1, -0.05) is 0 Å². The lowest BCUT2D eigenvalue weighted by Crippen LogP contribution is -2.56. The van der Waals surface area contributed by atoms with Crippen LogP contribution in [0.2, 0.25) is 0 Å². The van der Waals surface area contributed by atoms with Crippen molar-refractivity contribution in [2.75, 3.05) is 6.61 Å². The number of hydrogen-bond donors (Lipinski definition) is 4. The highest BCUT2D eigenvalue weighted by atomic mass is 19.1. The van der Waals surface area contributed by atoms with Gasteiger partial charge in [-0.05, 0) is 0 Å². The smallest absolute Gasteiger partial charge is 0.184 e. The van der Waals surface area contributed by atoms with Crippen LogP contribution in [-0.2, 0) is 4.74 Å². The molecule has 5 nitrogen and oxygen atoms in total. The Kier molecular flexibility index (Phi) is 2.97. The molecule has 1 aliphatic heterocycles. The molecule has 0 aromatic heterocycles. The van der Waals surface area contributed by atoms with Crippen molar-refractivity contribution in [1.82, 2.24) is 0 Å². The third-order valence-corrected chi connectivity index (χ3v) is 1.82. The number of rotatable bonds is 1. The summed E-state index contributed by atoms with van der Waals surface area (Å²) >= 11 is 0. The standard InChI is InChI=1S/C6H11FO5/c7-3-2(1-8)12-6(11)5(10)4(3)9/h2-6,8-11H,1H2/t2-,3+,4+,5-,6-/m0/s1. The van der Waals surface area contributed by atoms with Crippen molar-refractivity contribution in [3.05, 3.63) is 0 Å². The zero-order valence-corrected chi connectivity index (χ0v) is 6.17. The average Bonchev–Trinajstić information content (AvgIpc) is 2.08. The zero-order chi connectivity index (χ0) is 9.30. The monoisotopic (exact) mass is 182 g/mol. The molecule has 0 aromatic carbocycles. The number of aliphatic hydroxyl groups excluding tert-OH is 4. The van der Waals surface area contributed by atoms with Crippen LogP contribution in [0, 0.1) is 0 Å². The van der Waals surface area contributed by atoms with Crippen LogP contribution < -0.4 is 0 Å². The van der Waals surface area contributed by atoms with E-state index in [2.05, 4.69) is 4.74 Å². The molecular weight excluding hydrogens is 171 g/mol. The van der Waals surface area contributed by atoms with Gasteiger partial charge in [0, 0.05) is 0 Å². The van der Waals surface area contributed by atoms with Gasteiger partial charge in [0.05, 0.1) is 6.61 Å². The zero-order valence-electron chi connectivity index (χ0n) is 6.17. The van der Waals surface area contributed by atoms with Crippen LogP contribution in [0.3, 0.4) is 0 Å². The van der Waals surface area contributed by atoms with E-state index in [0.717, 1.165) is 0 Å². The van der Waals surface area contributed by atoms with E-state index in [1.54, 1.807) is 0 Å². The normalized spacial score (nSPS) is 49.2. The van der Waals surface area contributed by atoms with E-state index in [-0.39, 0.29) is 0 Å². The van der Waals surface area contributed by atoms with Crippen molar-refractivity contribution in [2.24, 2.45) is 0 Å². The maximum Gasteiger partial charge on any atom is 0.184 e. The lowest BCUT2D eigenvalue weighted by atomic mass is 10.0. The molecule has 1 saturated heterocycles. The molecule has 0 aliphatic carbocycles. The first kappa shape index (κ1) is 9.82. The molecule has 72 valence electrons. The van der Waals surface area contributed by atoms with Crippen LogP contribution in [0.5, 0.6) is 0 Å². The van der Waals surface area contributed by atoms with Gasteiger partial charge in [-0.2, -0.15) is 0 Å². The second-order valence-electron chi connectivity index (χ2n) is 2.67. The lowest BCUT2D eigenvalue weighted by Gasteiger charge is -2.36. The third-order valence-electron chi connectivity index (χ3n) is 1.82. The Morgan fingerprint density at radius 1 is 1.17 bits per heavy atom. The van der Waals surface area contributed by atoms with Gasteiger partial charge >= 0.3 is 0 Å². The summed E-state index contributed by atoms with van der Waals surface area (Å²) in [4.78, 5) is 0. The molecule has 6 heteroatoms. The van der Waals surface area contributed by atoms with Crippen molar-refractivity contribution >= 4 is 0 Å². The van der Waals surface area contributed by atoms with Crippen molar-refractivity contribution in [3.8, 4) is 0 Å². The number of ether oxygens (including phenoxy) is 1. The molecule has 0 spiro atoms. The third kappa shape index (κ3) is 1.57. The molecule has 0 aromatic rings. The summed E-state index contributed by atoms with van der Waals surface area (Å²) in [6.45, 7) is -0.651. The first-order valence-corrected chi connectivity index (χ1v) is 3.52. The van der Waals surface area contributed by atoms with Crippen LogP contribution in [0.1, 0.15) is 0 Å². The topological polar surface area (TPSA) is 90.2 Å². The molecule has 1 rings (SSSR count). The number of hydrogen-bond acceptors (Lipinski definition) is 5. The lowest BCUT2D eigenvalue weighted by molar-refractivity contribution is -0.274. The Balaban J connectivity index is 2.63. The minimum absolute atomic E-state index is 0.651. The summed E-state index contributed by atoms with van der Waals surface area (Å²) in [6, 6.07) is 0. The molecule has 1 fully saturated rings. The van der Waals surface area contributed by atoms with Crippen molar-refractivity contribution in [1.29, 1.82) is 0 Å². The molecule has 4 N–H and O–H groups in total. The maximum atomic E-state index is 12.9. The minimum atomic E-state index is -1.88. The predicted molar refractivity (Wildman–Crippen MR) is 34.9 cm³/mol. The quantitative estimate of drug-likeness (QED) is 0.368. The Morgan fingerprint density at radius 3 is 2.25 bits per heavy atom.